The van der Waals surface area contributed by atoms with Crippen LogP contribution in [0.25, 0.3) is 0 Å². The summed E-state index contributed by atoms with van der Waals surface area (Å²) >= 11 is 0. The molecule has 0 unspecified atom stereocenters. The summed E-state index contributed by atoms with van der Waals surface area (Å²) in [5.74, 6) is -0.0190. The van der Waals surface area contributed by atoms with Crippen LogP contribution in [0.2, 0.25) is 0 Å². The first-order valence-electron chi connectivity index (χ1n) is 6.71. The third kappa shape index (κ3) is 4.14. The predicted molar refractivity (Wildman–Crippen MR) is 84.7 cm³/mol. The second kappa shape index (κ2) is 6.66. The van der Waals surface area contributed by atoms with Crippen molar-refractivity contribution in [3.05, 3.63) is 77.5 Å². The van der Waals surface area contributed by atoms with Crippen LogP contribution in [0.3, 0.4) is 0 Å². The van der Waals surface area contributed by atoms with Crippen LogP contribution in [0.1, 0.15) is 33.2 Å². The Morgan fingerprint density at radius 3 is 2.05 bits per heavy atom. The van der Waals surface area contributed by atoms with Gasteiger partial charge in [-0.25, -0.2) is 0 Å². The highest BCUT2D eigenvalue weighted by Crippen LogP contribution is 2.10. The minimum Gasteiger partial charge on any atom is -0.362 e. The maximum absolute atomic E-state index is 11.9. The number of hydrogen-bond donors (Lipinski definition) is 1. The molecule has 106 valence electrons. The number of carbonyl (C=O) groups is 2. The number of anilines is 1. The number of aryl methyl sites for hydroxylation is 1. The van der Waals surface area contributed by atoms with Crippen LogP contribution in [0, 0.1) is 6.92 Å². The Balaban J connectivity index is 1.97. The Hall–Kier alpha value is -2.68. The molecule has 0 saturated heterocycles. The molecule has 0 aliphatic carbocycles. The summed E-state index contributed by atoms with van der Waals surface area (Å²) < 4.78 is 0. The van der Waals surface area contributed by atoms with Crippen molar-refractivity contribution in [1.29, 1.82) is 0 Å². The lowest BCUT2D eigenvalue weighted by Crippen LogP contribution is -1.97. The molecule has 0 saturated carbocycles. The van der Waals surface area contributed by atoms with Gasteiger partial charge in [0.25, 0.3) is 0 Å². The SMILES string of the molecule is CC(=O)c1ccc(NC=CC(=O)c2ccc(C)cc2)cc1. The summed E-state index contributed by atoms with van der Waals surface area (Å²) in [4.78, 5) is 23.1. The number of nitrogens with one attached hydrogen (secondary N) is 1. The van der Waals surface area contributed by atoms with Crippen molar-refractivity contribution in [1.82, 2.24) is 0 Å². The van der Waals surface area contributed by atoms with Crippen LogP contribution in [-0.2, 0) is 0 Å². The molecule has 0 aliphatic rings. The van der Waals surface area contributed by atoms with E-state index >= 15 is 0 Å². The number of allylic oxidation sites excluding steroid dienone is 1. The second-order valence-corrected chi connectivity index (χ2v) is 4.84. The standard InChI is InChI=1S/C18H17NO2/c1-13-3-5-16(6-4-13)18(21)11-12-19-17-9-7-15(8-10-17)14(2)20/h3-12,19H,1-2H3. The maximum atomic E-state index is 11.9. The van der Waals surface area contributed by atoms with E-state index < -0.39 is 0 Å². The Bertz CT molecular complexity index is 667. The van der Waals surface area contributed by atoms with Gasteiger partial charge in [-0.2, -0.15) is 0 Å². The molecule has 0 heterocycles. The quantitative estimate of drug-likeness (QED) is 0.664. The molecular formula is C18H17NO2. The molecule has 2 aromatic rings. The lowest BCUT2D eigenvalue weighted by Gasteiger charge is -2.02. The number of ketones is 2. The third-order valence-electron chi connectivity index (χ3n) is 3.11. The van der Waals surface area contributed by atoms with Crippen molar-refractivity contribution in [3.8, 4) is 0 Å². The van der Waals surface area contributed by atoms with Crippen molar-refractivity contribution in [2.45, 2.75) is 13.8 Å². The molecule has 3 heteroatoms. The first-order valence-corrected chi connectivity index (χ1v) is 6.71. The van der Waals surface area contributed by atoms with Crippen LogP contribution < -0.4 is 5.32 Å². The van der Waals surface area contributed by atoms with E-state index in [1.165, 1.54) is 13.0 Å². The van der Waals surface area contributed by atoms with E-state index in [0.717, 1.165) is 11.3 Å². The molecule has 1 N–H and O–H groups in total. The number of carbonyl (C=O) groups excluding carboxylic acids is 2. The molecule has 3 nitrogen and oxygen atoms in total. The van der Waals surface area contributed by atoms with Gasteiger partial charge in [0.05, 0.1) is 0 Å². The lowest BCUT2D eigenvalue weighted by atomic mass is 10.1. The van der Waals surface area contributed by atoms with Crippen molar-refractivity contribution in [3.63, 3.8) is 0 Å². The van der Waals surface area contributed by atoms with Gasteiger partial charge < -0.3 is 5.32 Å². The second-order valence-electron chi connectivity index (χ2n) is 4.84. The third-order valence-corrected chi connectivity index (χ3v) is 3.11. The van der Waals surface area contributed by atoms with E-state index in [-0.39, 0.29) is 11.6 Å². The number of hydrogen-bond acceptors (Lipinski definition) is 3. The minimum absolute atomic E-state index is 0.0339. The monoisotopic (exact) mass is 279 g/mol. The maximum Gasteiger partial charge on any atom is 0.187 e. The van der Waals surface area contributed by atoms with E-state index in [2.05, 4.69) is 5.32 Å². The zero-order chi connectivity index (χ0) is 15.2. The molecule has 2 rings (SSSR count). The average molecular weight is 279 g/mol. The zero-order valence-corrected chi connectivity index (χ0v) is 12.1. The normalized spacial score (nSPS) is 10.6. The molecule has 2 aromatic carbocycles. The molecule has 21 heavy (non-hydrogen) atoms. The molecule has 0 aliphatic heterocycles. The van der Waals surface area contributed by atoms with Crippen molar-refractivity contribution < 1.29 is 9.59 Å². The first kappa shape index (κ1) is 14.7. The largest absolute Gasteiger partial charge is 0.362 e. The zero-order valence-electron chi connectivity index (χ0n) is 12.1. The van der Waals surface area contributed by atoms with Gasteiger partial charge >= 0.3 is 0 Å². The molecule has 0 radical (unpaired) electrons. The highest BCUT2D eigenvalue weighted by atomic mass is 16.1. The smallest absolute Gasteiger partial charge is 0.187 e. The van der Waals surface area contributed by atoms with E-state index in [1.807, 2.05) is 31.2 Å². The number of benzene rings is 2. The fraction of sp³-hybridized carbons (Fsp3) is 0.111. The van der Waals surface area contributed by atoms with Crippen LogP contribution in [0.5, 0.6) is 0 Å². The number of Topliss-reactive ketones (excluding diaryl/α,β-unsaturated/α-hetero) is 1. The lowest BCUT2D eigenvalue weighted by molar-refractivity contribution is 0.101. The van der Waals surface area contributed by atoms with Crippen molar-refractivity contribution >= 4 is 17.3 Å². The first-order chi connectivity index (χ1) is 10.1. The molecule has 0 bridgehead atoms. The van der Waals surface area contributed by atoms with Crippen molar-refractivity contribution in [2.75, 3.05) is 5.32 Å². The fourth-order valence-electron chi connectivity index (χ4n) is 1.83. The minimum atomic E-state index is -0.0529. The molecule has 0 atom stereocenters. The molecular weight excluding hydrogens is 262 g/mol. The number of rotatable bonds is 5. The Morgan fingerprint density at radius 2 is 1.48 bits per heavy atom. The van der Waals surface area contributed by atoms with E-state index in [1.54, 1.807) is 30.5 Å². The van der Waals surface area contributed by atoms with Gasteiger partial charge in [-0.15, -0.1) is 0 Å². The van der Waals surface area contributed by atoms with Gasteiger partial charge in [-0.05, 0) is 38.1 Å². The average Bonchev–Trinajstić information content (AvgIpc) is 2.48. The van der Waals surface area contributed by atoms with Crippen LogP contribution in [-0.4, -0.2) is 11.6 Å². The van der Waals surface area contributed by atoms with Gasteiger partial charge in [0.15, 0.2) is 11.6 Å². The summed E-state index contributed by atoms with van der Waals surface area (Å²) in [6.07, 6.45) is 3.09. The highest BCUT2D eigenvalue weighted by molar-refractivity contribution is 6.04. The molecule has 0 amide bonds. The van der Waals surface area contributed by atoms with Crippen molar-refractivity contribution in [2.24, 2.45) is 0 Å². The van der Waals surface area contributed by atoms with Crippen LogP contribution >= 0.6 is 0 Å². The Morgan fingerprint density at radius 1 is 0.905 bits per heavy atom. The fourth-order valence-corrected chi connectivity index (χ4v) is 1.83. The topological polar surface area (TPSA) is 46.2 Å². The Kier molecular flexibility index (Phi) is 4.67. The molecule has 0 aromatic heterocycles. The van der Waals surface area contributed by atoms with Gasteiger partial charge in [0, 0.05) is 29.1 Å². The van der Waals surface area contributed by atoms with Gasteiger partial charge in [-0.1, -0.05) is 29.8 Å². The summed E-state index contributed by atoms with van der Waals surface area (Å²) in [6.45, 7) is 3.51. The van der Waals surface area contributed by atoms with Crippen LogP contribution in [0.15, 0.2) is 60.8 Å². The summed E-state index contributed by atoms with van der Waals surface area (Å²) in [7, 11) is 0. The molecule has 0 spiro atoms. The Labute approximate surface area is 124 Å². The summed E-state index contributed by atoms with van der Waals surface area (Å²) in [5, 5.41) is 3.01. The van der Waals surface area contributed by atoms with Gasteiger partial charge in [0.2, 0.25) is 0 Å². The van der Waals surface area contributed by atoms with E-state index in [0.29, 0.717) is 11.1 Å². The van der Waals surface area contributed by atoms with Crippen LogP contribution in [0.4, 0.5) is 5.69 Å². The predicted octanol–water partition coefficient (Wildman–Crippen LogP) is 4.01. The van der Waals surface area contributed by atoms with Gasteiger partial charge in [0.1, 0.15) is 0 Å². The van der Waals surface area contributed by atoms with Gasteiger partial charge in [-0.3, -0.25) is 9.59 Å². The summed E-state index contributed by atoms with van der Waals surface area (Å²) in [6, 6.07) is 14.5. The summed E-state index contributed by atoms with van der Waals surface area (Å²) in [5.41, 5.74) is 3.28. The highest BCUT2D eigenvalue weighted by Gasteiger charge is 2.00. The molecule has 0 fully saturated rings. The van der Waals surface area contributed by atoms with E-state index in [9.17, 15) is 9.59 Å². The van der Waals surface area contributed by atoms with E-state index in [4.69, 9.17) is 0 Å².